The number of aromatic nitrogens is 1. The van der Waals surface area contributed by atoms with E-state index >= 15 is 0 Å². The van der Waals surface area contributed by atoms with E-state index in [1.807, 2.05) is 45.4 Å². The van der Waals surface area contributed by atoms with Gasteiger partial charge in [0.05, 0.1) is 12.8 Å². The van der Waals surface area contributed by atoms with E-state index in [1.54, 1.807) is 23.8 Å². The first kappa shape index (κ1) is 19.4. The highest BCUT2D eigenvalue weighted by atomic mass is 32.1. The predicted molar refractivity (Wildman–Crippen MR) is 118 cm³/mol. The largest absolute Gasteiger partial charge is 0.463 e. The van der Waals surface area contributed by atoms with Crippen LogP contribution in [-0.2, 0) is 0 Å². The molecule has 0 saturated heterocycles. The van der Waals surface area contributed by atoms with Crippen molar-refractivity contribution in [2.24, 2.45) is 4.99 Å². The zero-order valence-electron chi connectivity index (χ0n) is 16.6. The highest BCUT2D eigenvalue weighted by molar-refractivity contribution is 7.10. The van der Waals surface area contributed by atoms with Gasteiger partial charge in [0.15, 0.2) is 5.76 Å². The van der Waals surface area contributed by atoms with Gasteiger partial charge in [-0.1, -0.05) is 11.8 Å². The summed E-state index contributed by atoms with van der Waals surface area (Å²) in [5, 5.41) is 8.93. The maximum atomic E-state index is 5.69. The first-order chi connectivity index (χ1) is 14.2. The fourth-order valence-electron chi connectivity index (χ4n) is 3.16. The number of fused-ring (bicyclic) bond motifs is 1. The predicted octanol–water partition coefficient (Wildman–Crippen LogP) is 3.20. The molecule has 2 unspecified atom stereocenters. The molecule has 0 saturated carbocycles. The zero-order valence-corrected chi connectivity index (χ0v) is 17.5. The Hall–Kier alpha value is -2.92. The van der Waals surface area contributed by atoms with Crippen molar-refractivity contribution < 1.29 is 4.42 Å². The van der Waals surface area contributed by atoms with Crippen LogP contribution in [0.1, 0.15) is 27.8 Å². The Morgan fingerprint density at radius 2 is 2.21 bits per heavy atom. The molecule has 3 aromatic heterocycles. The standard InChI is InChI=1S/C22H23N5OS/c1-23-22-20(18-13-15(14-29-18)7-5-11-27(2)3)25-19(17-9-6-12-28-17)16-8-4-10-24-21(16)26-22/h4,6,8-10,12-14,20,22-23H,11H2,1-3H3,(H,24,26). The number of furan rings is 1. The van der Waals surface area contributed by atoms with Gasteiger partial charge in [0.1, 0.15) is 23.7 Å². The molecule has 1 aliphatic heterocycles. The molecule has 0 aromatic carbocycles. The van der Waals surface area contributed by atoms with Gasteiger partial charge in [-0.05, 0) is 51.5 Å². The lowest BCUT2D eigenvalue weighted by molar-refractivity contribution is 0.464. The van der Waals surface area contributed by atoms with E-state index in [2.05, 4.69) is 43.8 Å². The minimum absolute atomic E-state index is 0.114. The Bertz CT molecular complexity index is 1060. The summed E-state index contributed by atoms with van der Waals surface area (Å²) < 4.78 is 5.69. The topological polar surface area (TPSA) is 65.7 Å². The molecule has 3 aromatic rings. The number of rotatable bonds is 4. The van der Waals surface area contributed by atoms with Gasteiger partial charge in [0, 0.05) is 27.6 Å². The van der Waals surface area contributed by atoms with Crippen LogP contribution in [0.2, 0.25) is 0 Å². The van der Waals surface area contributed by atoms with Crippen LogP contribution >= 0.6 is 11.3 Å². The maximum Gasteiger partial charge on any atom is 0.152 e. The van der Waals surface area contributed by atoms with Crippen molar-refractivity contribution in [2.45, 2.75) is 12.2 Å². The van der Waals surface area contributed by atoms with E-state index in [-0.39, 0.29) is 12.2 Å². The smallest absolute Gasteiger partial charge is 0.152 e. The first-order valence-electron chi connectivity index (χ1n) is 9.38. The van der Waals surface area contributed by atoms with Crippen LogP contribution in [0, 0.1) is 11.8 Å². The number of nitrogens with zero attached hydrogens (tertiary/aromatic N) is 3. The van der Waals surface area contributed by atoms with Gasteiger partial charge < -0.3 is 9.73 Å². The summed E-state index contributed by atoms with van der Waals surface area (Å²) in [6.07, 6.45) is 3.33. The molecule has 0 bridgehead atoms. The molecule has 0 spiro atoms. The minimum Gasteiger partial charge on any atom is -0.463 e. The third-order valence-electron chi connectivity index (χ3n) is 4.54. The second-order valence-electron chi connectivity index (χ2n) is 6.99. The second kappa shape index (κ2) is 8.62. The summed E-state index contributed by atoms with van der Waals surface area (Å²) in [6.45, 7) is 0.733. The Morgan fingerprint density at radius 3 is 2.97 bits per heavy atom. The molecular weight excluding hydrogens is 382 g/mol. The molecular formula is C22H23N5OS. The van der Waals surface area contributed by atoms with Crippen molar-refractivity contribution in [3.05, 3.63) is 69.9 Å². The molecule has 2 atom stereocenters. The molecule has 7 heteroatoms. The Morgan fingerprint density at radius 1 is 1.31 bits per heavy atom. The molecule has 4 heterocycles. The number of pyridine rings is 1. The van der Waals surface area contributed by atoms with E-state index < -0.39 is 0 Å². The molecule has 0 amide bonds. The lowest BCUT2D eigenvalue weighted by atomic mass is 10.1. The molecule has 0 aliphatic carbocycles. The van der Waals surface area contributed by atoms with Crippen molar-refractivity contribution in [2.75, 3.05) is 33.0 Å². The van der Waals surface area contributed by atoms with Crippen molar-refractivity contribution in [3.63, 3.8) is 0 Å². The number of hydrogen-bond acceptors (Lipinski definition) is 7. The SMILES string of the molecule is CNC1Nc2ncccc2C(c2ccco2)=NC1c1cc(C#CCN(C)C)cs1. The van der Waals surface area contributed by atoms with Crippen LogP contribution in [0.4, 0.5) is 5.82 Å². The number of likely N-dealkylation sites (N-methyl/N-ethyl adjacent to an activating group) is 1. The maximum absolute atomic E-state index is 5.69. The highest BCUT2D eigenvalue weighted by Crippen LogP contribution is 2.33. The van der Waals surface area contributed by atoms with Crippen molar-refractivity contribution >= 4 is 22.9 Å². The Labute approximate surface area is 174 Å². The van der Waals surface area contributed by atoms with E-state index in [0.29, 0.717) is 0 Å². The van der Waals surface area contributed by atoms with E-state index in [0.717, 1.165) is 39.8 Å². The Kier molecular flexibility index (Phi) is 5.76. The quantitative estimate of drug-likeness (QED) is 0.653. The number of nitrogens with one attached hydrogen (secondary N) is 2. The van der Waals surface area contributed by atoms with Crippen LogP contribution in [0.3, 0.4) is 0 Å². The normalized spacial score (nSPS) is 18.3. The molecule has 148 valence electrons. The van der Waals surface area contributed by atoms with E-state index in [9.17, 15) is 0 Å². The van der Waals surface area contributed by atoms with Gasteiger partial charge in [-0.15, -0.1) is 11.3 Å². The highest BCUT2D eigenvalue weighted by Gasteiger charge is 2.30. The fraction of sp³-hybridized carbons (Fsp3) is 0.273. The van der Waals surface area contributed by atoms with Gasteiger partial charge in [0.2, 0.25) is 0 Å². The first-order valence-corrected chi connectivity index (χ1v) is 10.3. The number of aliphatic imine (C=N–C) groups is 1. The van der Waals surface area contributed by atoms with E-state index in [1.165, 1.54) is 0 Å². The van der Waals surface area contributed by atoms with Crippen molar-refractivity contribution in [3.8, 4) is 11.8 Å². The third kappa shape index (κ3) is 4.25. The Balaban J connectivity index is 1.75. The van der Waals surface area contributed by atoms with E-state index in [4.69, 9.17) is 9.41 Å². The minimum atomic E-state index is -0.149. The zero-order chi connectivity index (χ0) is 20.2. The summed E-state index contributed by atoms with van der Waals surface area (Å²) in [7, 11) is 5.95. The fourth-order valence-corrected chi connectivity index (χ4v) is 4.07. The summed E-state index contributed by atoms with van der Waals surface area (Å²) in [6, 6.07) is 9.70. The summed E-state index contributed by atoms with van der Waals surface area (Å²) in [5.74, 6) is 7.94. The summed E-state index contributed by atoms with van der Waals surface area (Å²) in [5.41, 5.74) is 2.73. The van der Waals surface area contributed by atoms with Crippen LogP contribution in [-0.4, -0.2) is 49.4 Å². The summed E-state index contributed by atoms with van der Waals surface area (Å²) in [4.78, 5) is 12.8. The van der Waals surface area contributed by atoms with Crippen molar-refractivity contribution in [1.82, 2.24) is 15.2 Å². The monoisotopic (exact) mass is 405 g/mol. The van der Waals surface area contributed by atoms with Gasteiger partial charge >= 0.3 is 0 Å². The lowest BCUT2D eigenvalue weighted by Gasteiger charge is -2.22. The summed E-state index contributed by atoms with van der Waals surface area (Å²) >= 11 is 1.67. The van der Waals surface area contributed by atoms with Crippen LogP contribution in [0.15, 0.2) is 57.6 Å². The molecule has 0 radical (unpaired) electrons. The van der Waals surface area contributed by atoms with Crippen LogP contribution in [0.25, 0.3) is 0 Å². The molecule has 0 fully saturated rings. The van der Waals surface area contributed by atoms with Gasteiger partial charge in [-0.2, -0.15) is 0 Å². The van der Waals surface area contributed by atoms with Gasteiger partial charge in [0.25, 0.3) is 0 Å². The number of hydrogen-bond donors (Lipinski definition) is 2. The van der Waals surface area contributed by atoms with Crippen LogP contribution < -0.4 is 10.6 Å². The number of thiophene rings is 1. The van der Waals surface area contributed by atoms with Gasteiger partial charge in [-0.25, -0.2) is 4.98 Å². The molecule has 29 heavy (non-hydrogen) atoms. The van der Waals surface area contributed by atoms with Crippen molar-refractivity contribution in [1.29, 1.82) is 0 Å². The molecule has 6 nitrogen and oxygen atoms in total. The number of anilines is 1. The second-order valence-corrected chi connectivity index (χ2v) is 7.93. The molecule has 4 rings (SSSR count). The average molecular weight is 406 g/mol. The molecule has 1 aliphatic rings. The van der Waals surface area contributed by atoms with Crippen LogP contribution in [0.5, 0.6) is 0 Å². The van der Waals surface area contributed by atoms with Gasteiger partial charge in [-0.3, -0.25) is 15.2 Å². The molecule has 2 N–H and O–H groups in total. The lowest BCUT2D eigenvalue weighted by Crippen LogP contribution is -2.38. The average Bonchev–Trinajstić information content (AvgIpc) is 3.38. The third-order valence-corrected chi connectivity index (χ3v) is 5.55.